The second-order valence-electron chi connectivity index (χ2n) is 3.57. The van der Waals surface area contributed by atoms with Crippen molar-refractivity contribution in [3.05, 3.63) is 36.7 Å². The maximum Gasteiger partial charge on any atom is 0.207 e. The smallest absolute Gasteiger partial charge is 0.207 e. The maximum absolute atomic E-state index is 5.65. The minimum Gasteiger partial charge on any atom is -0.377 e. The first-order valence-corrected chi connectivity index (χ1v) is 4.55. The lowest BCUT2D eigenvalue weighted by atomic mass is 10.1. The Bertz CT molecular complexity index is 463. The van der Waals surface area contributed by atoms with E-state index in [9.17, 15) is 0 Å². The number of hydrogen-bond donors (Lipinski definition) is 1. The van der Waals surface area contributed by atoms with Crippen molar-refractivity contribution in [1.82, 2.24) is 0 Å². The van der Waals surface area contributed by atoms with Gasteiger partial charge < -0.3 is 4.90 Å². The van der Waals surface area contributed by atoms with Crippen LogP contribution in [0.5, 0.6) is 0 Å². The Kier molecular flexibility index (Phi) is 2.00. The zero-order valence-electron chi connectivity index (χ0n) is 8.44. The van der Waals surface area contributed by atoms with Crippen molar-refractivity contribution in [2.75, 3.05) is 24.8 Å². The number of nitrogen functional groups attached to an aromatic ring is 1. The quantitative estimate of drug-likeness (QED) is 0.533. The standard InChI is InChI=1S/C11H14N3/c1-13(2)11-5-3-4-9-8-14(12)7-6-10(9)11/h3-8H,12H2,1-2H3/q+1. The van der Waals surface area contributed by atoms with Crippen molar-refractivity contribution in [1.29, 1.82) is 0 Å². The number of aromatic nitrogens is 1. The van der Waals surface area contributed by atoms with Gasteiger partial charge in [-0.15, -0.1) is 0 Å². The molecule has 2 aromatic rings. The molecule has 1 aromatic heterocycles. The van der Waals surface area contributed by atoms with Gasteiger partial charge in [0.2, 0.25) is 6.20 Å². The van der Waals surface area contributed by atoms with Gasteiger partial charge in [-0.25, -0.2) is 5.84 Å². The number of anilines is 1. The molecule has 3 heteroatoms. The average Bonchev–Trinajstić information content (AvgIpc) is 2.16. The molecule has 72 valence electrons. The van der Waals surface area contributed by atoms with E-state index in [1.807, 2.05) is 38.6 Å². The molecule has 0 atom stereocenters. The predicted molar refractivity (Wildman–Crippen MR) is 58.6 cm³/mol. The molecule has 0 saturated heterocycles. The molecule has 14 heavy (non-hydrogen) atoms. The number of pyridine rings is 1. The molecule has 1 aromatic carbocycles. The summed E-state index contributed by atoms with van der Waals surface area (Å²) in [6, 6.07) is 8.23. The van der Waals surface area contributed by atoms with Gasteiger partial charge in [-0.1, -0.05) is 10.7 Å². The Hall–Kier alpha value is -1.77. The van der Waals surface area contributed by atoms with Crippen molar-refractivity contribution < 1.29 is 4.68 Å². The van der Waals surface area contributed by atoms with Crippen molar-refractivity contribution in [2.45, 2.75) is 0 Å². The minimum absolute atomic E-state index is 1.15. The highest BCUT2D eigenvalue weighted by Gasteiger charge is 2.05. The Labute approximate surface area is 83.3 Å². The van der Waals surface area contributed by atoms with Gasteiger partial charge in [0.1, 0.15) is 0 Å². The van der Waals surface area contributed by atoms with Crippen LogP contribution in [0.1, 0.15) is 0 Å². The summed E-state index contributed by atoms with van der Waals surface area (Å²) in [5.41, 5.74) is 1.21. The molecule has 2 N–H and O–H groups in total. The van der Waals surface area contributed by atoms with Crippen LogP contribution in [0.4, 0.5) is 5.69 Å². The zero-order chi connectivity index (χ0) is 10.1. The highest BCUT2D eigenvalue weighted by molar-refractivity contribution is 5.92. The van der Waals surface area contributed by atoms with Crippen LogP contribution in [-0.2, 0) is 0 Å². The van der Waals surface area contributed by atoms with E-state index in [1.54, 1.807) is 4.68 Å². The lowest BCUT2D eigenvalue weighted by Crippen LogP contribution is -2.43. The van der Waals surface area contributed by atoms with Crippen LogP contribution in [-0.4, -0.2) is 14.1 Å². The molecule has 0 amide bonds. The highest BCUT2D eigenvalue weighted by Crippen LogP contribution is 2.23. The molecule has 0 radical (unpaired) electrons. The number of fused-ring (bicyclic) bond motifs is 1. The van der Waals surface area contributed by atoms with Crippen LogP contribution in [0.15, 0.2) is 36.7 Å². The van der Waals surface area contributed by atoms with Crippen molar-refractivity contribution in [3.63, 3.8) is 0 Å². The molecule has 0 unspecified atom stereocenters. The topological polar surface area (TPSA) is 33.1 Å². The molecule has 2 rings (SSSR count). The van der Waals surface area contributed by atoms with E-state index in [-0.39, 0.29) is 0 Å². The Balaban J connectivity index is 2.75. The molecule has 0 fully saturated rings. The molecule has 0 aliphatic carbocycles. The van der Waals surface area contributed by atoms with E-state index < -0.39 is 0 Å². The van der Waals surface area contributed by atoms with E-state index in [4.69, 9.17) is 5.84 Å². The number of nitrogens with two attached hydrogens (primary N) is 1. The van der Waals surface area contributed by atoms with Gasteiger partial charge in [-0.2, -0.15) is 0 Å². The van der Waals surface area contributed by atoms with E-state index >= 15 is 0 Å². The second kappa shape index (κ2) is 3.18. The van der Waals surface area contributed by atoms with Gasteiger partial charge in [0, 0.05) is 31.2 Å². The first kappa shape index (κ1) is 8.81. The van der Waals surface area contributed by atoms with Gasteiger partial charge in [0.05, 0.1) is 5.39 Å². The highest BCUT2D eigenvalue weighted by atomic mass is 15.3. The summed E-state index contributed by atoms with van der Waals surface area (Å²) in [4.78, 5) is 2.10. The third kappa shape index (κ3) is 1.37. The van der Waals surface area contributed by atoms with Crippen LogP contribution in [0.3, 0.4) is 0 Å². The molecule has 3 nitrogen and oxygen atoms in total. The summed E-state index contributed by atoms with van der Waals surface area (Å²) in [5, 5.41) is 2.38. The maximum atomic E-state index is 5.65. The van der Waals surface area contributed by atoms with E-state index in [0.717, 1.165) is 5.39 Å². The molecule has 0 aliphatic rings. The van der Waals surface area contributed by atoms with Crippen LogP contribution in [0.2, 0.25) is 0 Å². The Morgan fingerprint density at radius 2 is 2.00 bits per heavy atom. The summed E-state index contributed by atoms with van der Waals surface area (Å²) in [5.74, 6) is 5.65. The first-order chi connectivity index (χ1) is 6.68. The van der Waals surface area contributed by atoms with Crippen LogP contribution in [0, 0.1) is 0 Å². The summed E-state index contributed by atoms with van der Waals surface area (Å²) in [7, 11) is 4.08. The number of nitrogens with zero attached hydrogens (tertiary/aromatic N) is 2. The molecule has 0 spiro atoms. The van der Waals surface area contributed by atoms with E-state index in [2.05, 4.69) is 17.0 Å². The lowest BCUT2D eigenvalue weighted by molar-refractivity contribution is -0.637. The average molecular weight is 188 g/mol. The fourth-order valence-electron chi connectivity index (χ4n) is 1.62. The van der Waals surface area contributed by atoms with Gasteiger partial charge in [-0.3, -0.25) is 0 Å². The van der Waals surface area contributed by atoms with Crippen LogP contribution in [0.25, 0.3) is 10.8 Å². The molecule has 0 bridgehead atoms. The molecule has 0 saturated carbocycles. The minimum atomic E-state index is 1.15. The van der Waals surface area contributed by atoms with E-state index in [1.165, 1.54) is 11.1 Å². The van der Waals surface area contributed by atoms with Gasteiger partial charge in [0.25, 0.3) is 0 Å². The number of hydrogen-bond acceptors (Lipinski definition) is 2. The summed E-state index contributed by atoms with van der Waals surface area (Å²) in [6.45, 7) is 0. The van der Waals surface area contributed by atoms with Gasteiger partial charge in [0.15, 0.2) is 6.20 Å². The largest absolute Gasteiger partial charge is 0.377 e. The van der Waals surface area contributed by atoms with E-state index in [0.29, 0.717) is 0 Å². The molecule has 0 aliphatic heterocycles. The first-order valence-electron chi connectivity index (χ1n) is 4.55. The van der Waals surface area contributed by atoms with Crippen molar-refractivity contribution >= 4 is 16.5 Å². The molecular weight excluding hydrogens is 174 g/mol. The molecular formula is C11H14N3+. The normalized spacial score (nSPS) is 10.4. The van der Waals surface area contributed by atoms with Crippen LogP contribution < -0.4 is 15.4 Å². The predicted octanol–water partition coefficient (Wildman–Crippen LogP) is 0.907. The monoisotopic (exact) mass is 188 g/mol. The van der Waals surface area contributed by atoms with Crippen molar-refractivity contribution in [3.8, 4) is 0 Å². The fourth-order valence-corrected chi connectivity index (χ4v) is 1.62. The Morgan fingerprint density at radius 1 is 1.21 bits per heavy atom. The van der Waals surface area contributed by atoms with Crippen LogP contribution >= 0.6 is 0 Å². The SMILES string of the molecule is CN(C)c1cccc2c[n+](N)ccc12. The second-order valence-corrected chi connectivity index (χ2v) is 3.57. The van der Waals surface area contributed by atoms with Crippen molar-refractivity contribution in [2.24, 2.45) is 0 Å². The summed E-state index contributed by atoms with van der Waals surface area (Å²) < 4.78 is 1.57. The number of rotatable bonds is 1. The lowest BCUT2D eigenvalue weighted by Gasteiger charge is -2.14. The fraction of sp³-hybridized carbons (Fsp3) is 0.182. The Morgan fingerprint density at radius 3 is 2.71 bits per heavy atom. The third-order valence-corrected chi connectivity index (χ3v) is 2.30. The number of benzene rings is 1. The van der Waals surface area contributed by atoms with Gasteiger partial charge >= 0.3 is 0 Å². The summed E-state index contributed by atoms with van der Waals surface area (Å²) >= 11 is 0. The van der Waals surface area contributed by atoms with Gasteiger partial charge in [-0.05, 0) is 12.1 Å². The summed E-state index contributed by atoms with van der Waals surface area (Å²) in [6.07, 6.45) is 3.78. The molecule has 1 heterocycles. The third-order valence-electron chi connectivity index (χ3n) is 2.30. The zero-order valence-corrected chi connectivity index (χ0v) is 8.44.